The number of terminal acetylenes is 1. The van der Waals surface area contributed by atoms with Gasteiger partial charge in [0.05, 0.1) is 6.33 Å². The van der Waals surface area contributed by atoms with E-state index in [1.165, 1.54) is 0 Å². The lowest BCUT2D eigenvalue weighted by Crippen LogP contribution is -1.88. The number of hydrogen-bond donors (Lipinski definition) is 0. The van der Waals surface area contributed by atoms with Gasteiger partial charge in [-0.1, -0.05) is 6.92 Å². The molecule has 2 aromatic heterocycles. The summed E-state index contributed by atoms with van der Waals surface area (Å²) in [6.45, 7) is 2.04. The molecule has 0 N–H and O–H groups in total. The Morgan fingerprint density at radius 3 is 2.31 bits per heavy atom. The third kappa shape index (κ3) is 3.58. The van der Waals surface area contributed by atoms with Crippen LogP contribution in [0.25, 0.3) is 0 Å². The molecular formula is C11H15N5. The van der Waals surface area contributed by atoms with Crippen LogP contribution < -0.4 is 0 Å². The number of rotatable bonds is 1. The van der Waals surface area contributed by atoms with E-state index in [2.05, 4.69) is 21.0 Å². The van der Waals surface area contributed by atoms with E-state index in [0.29, 0.717) is 5.69 Å². The minimum Gasteiger partial charge on any atom is -0.339 e. The molecule has 0 aliphatic carbocycles. The standard InChI is InChI=1S/C6H6N2.C5H9N3/c1-3-6-4-8(2)5-7-6;1-3-5-6-4-8(2)7-5/h1,4-5H,2H3;4H,3H2,1-2H3. The average Bonchev–Trinajstić information content (AvgIpc) is 2.88. The van der Waals surface area contributed by atoms with Crippen molar-refractivity contribution in [3.8, 4) is 12.3 Å². The monoisotopic (exact) mass is 217 g/mol. The Bertz CT molecular complexity index is 475. The van der Waals surface area contributed by atoms with E-state index in [1.807, 2.05) is 25.6 Å². The van der Waals surface area contributed by atoms with Crippen LogP contribution in [0, 0.1) is 12.3 Å². The van der Waals surface area contributed by atoms with Crippen molar-refractivity contribution in [2.45, 2.75) is 13.3 Å². The maximum absolute atomic E-state index is 5.04. The van der Waals surface area contributed by atoms with Gasteiger partial charge in [-0.3, -0.25) is 4.68 Å². The van der Waals surface area contributed by atoms with Crippen molar-refractivity contribution in [1.82, 2.24) is 24.3 Å². The third-order valence-corrected chi connectivity index (χ3v) is 1.82. The van der Waals surface area contributed by atoms with Crippen LogP contribution in [0.5, 0.6) is 0 Å². The van der Waals surface area contributed by atoms with Gasteiger partial charge in [-0.25, -0.2) is 9.97 Å². The topological polar surface area (TPSA) is 48.5 Å². The summed E-state index contributed by atoms with van der Waals surface area (Å²) >= 11 is 0. The molecule has 0 aliphatic rings. The van der Waals surface area contributed by atoms with E-state index in [0.717, 1.165) is 12.2 Å². The van der Waals surface area contributed by atoms with E-state index in [4.69, 9.17) is 6.42 Å². The van der Waals surface area contributed by atoms with Gasteiger partial charge >= 0.3 is 0 Å². The van der Waals surface area contributed by atoms with Gasteiger partial charge in [-0.2, -0.15) is 5.10 Å². The molecule has 5 heteroatoms. The molecule has 0 radical (unpaired) electrons. The summed E-state index contributed by atoms with van der Waals surface area (Å²) in [6, 6.07) is 0. The van der Waals surface area contributed by atoms with Gasteiger partial charge in [-0.05, 0) is 5.92 Å². The predicted molar refractivity (Wildman–Crippen MR) is 61.5 cm³/mol. The van der Waals surface area contributed by atoms with E-state index < -0.39 is 0 Å². The first-order valence-corrected chi connectivity index (χ1v) is 4.94. The molecule has 0 amide bonds. The summed E-state index contributed by atoms with van der Waals surface area (Å²) in [5.74, 6) is 3.33. The highest BCUT2D eigenvalue weighted by molar-refractivity contribution is 5.20. The zero-order valence-electron chi connectivity index (χ0n) is 9.75. The van der Waals surface area contributed by atoms with Crippen LogP contribution in [0.3, 0.4) is 0 Å². The highest BCUT2D eigenvalue weighted by Gasteiger charge is 1.90. The summed E-state index contributed by atoms with van der Waals surface area (Å²) in [5, 5.41) is 4.03. The molecular weight excluding hydrogens is 202 g/mol. The molecule has 0 fully saturated rings. The zero-order valence-corrected chi connectivity index (χ0v) is 9.75. The molecule has 0 aliphatic heterocycles. The highest BCUT2D eigenvalue weighted by atomic mass is 15.3. The number of nitrogens with zero attached hydrogens (tertiary/aromatic N) is 5. The molecule has 2 rings (SSSR count). The summed E-state index contributed by atoms with van der Waals surface area (Å²) < 4.78 is 3.52. The quantitative estimate of drug-likeness (QED) is 0.663. The Hall–Kier alpha value is -2.09. The van der Waals surface area contributed by atoms with Crippen LogP contribution in [0.2, 0.25) is 0 Å². The summed E-state index contributed by atoms with van der Waals surface area (Å²) in [6.07, 6.45) is 11.1. The fourth-order valence-electron chi connectivity index (χ4n) is 1.03. The van der Waals surface area contributed by atoms with Gasteiger partial charge in [0, 0.05) is 26.7 Å². The van der Waals surface area contributed by atoms with Crippen molar-refractivity contribution >= 4 is 0 Å². The molecule has 5 nitrogen and oxygen atoms in total. The van der Waals surface area contributed by atoms with E-state index in [9.17, 15) is 0 Å². The molecule has 84 valence electrons. The van der Waals surface area contributed by atoms with Gasteiger partial charge in [0.25, 0.3) is 0 Å². The smallest absolute Gasteiger partial charge is 0.150 e. The molecule has 0 saturated carbocycles. The first-order chi connectivity index (χ1) is 7.65. The largest absolute Gasteiger partial charge is 0.339 e. The van der Waals surface area contributed by atoms with Crippen LogP contribution in [0.4, 0.5) is 0 Å². The van der Waals surface area contributed by atoms with E-state index >= 15 is 0 Å². The normalized spacial score (nSPS) is 9.12. The molecule has 0 bridgehead atoms. The number of aryl methyl sites for hydroxylation is 3. The lowest BCUT2D eigenvalue weighted by Gasteiger charge is -1.80. The number of imidazole rings is 1. The van der Waals surface area contributed by atoms with Crippen molar-refractivity contribution in [3.05, 3.63) is 30.4 Å². The fraction of sp³-hybridized carbons (Fsp3) is 0.364. The molecule has 16 heavy (non-hydrogen) atoms. The minimum atomic E-state index is 0.688. The molecule has 0 spiro atoms. The fourth-order valence-corrected chi connectivity index (χ4v) is 1.03. The summed E-state index contributed by atoms with van der Waals surface area (Å²) in [7, 11) is 3.75. The summed E-state index contributed by atoms with van der Waals surface area (Å²) in [5.41, 5.74) is 0.688. The van der Waals surface area contributed by atoms with Crippen LogP contribution in [0.15, 0.2) is 18.9 Å². The molecule has 2 aromatic rings. The van der Waals surface area contributed by atoms with Gasteiger partial charge in [0.1, 0.15) is 17.8 Å². The second-order valence-electron chi connectivity index (χ2n) is 3.26. The van der Waals surface area contributed by atoms with Crippen LogP contribution >= 0.6 is 0 Å². The van der Waals surface area contributed by atoms with Gasteiger partial charge in [0.15, 0.2) is 0 Å². The molecule has 0 atom stereocenters. The Kier molecular flexibility index (Phi) is 4.28. The Morgan fingerprint density at radius 1 is 1.31 bits per heavy atom. The van der Waals surface area contributed by atoms with Crippen LogP contribution in [0.1, 0.15) is 18.4 Å². The predicted octanol–water partition coefficient (Wildman–Crippen LogP) is 0.779. The molecule has 0 aromatic carbocycles. The minimum absolute atomic E-state index is 0.688. The number of hydrogen-bond acceptors (Lipinski definition) is 3. The Balaban J connectivity index is 0.000000160. The first-order valence-electron chi connectivity index (χ1n) is 4.94. The second-order valence-corrected chi connectivity index (χ2v) is 3.26. The second kappa shape index (κ2) is 5.71. The van der Waals surface area contributed by atoms with E-state index in [-0.39, 0.29) is 0 Å². The Morgan fingerprint density at radius 2 is 2.06 bits per heavy atom. The lowest BCUT2D eigenvalue weighted by atomic mass is 10.5. The van der Waals surface area contributed by atoms with Crippen molar-refractivity contribution in [2.75, 3.05) is 0 Å². The first kappa shape index (κ1) is 12.0. The van der Waals surface area contributed by atoms with Gasteiger partial charge in [0.2, 0.25) is 0 Å². The lowest BCUT2D eigenvalue weighted by molar-refractivity contribution is 0.746. The van der Waals surface area contributed by atoms with Crippen molar-refractivity contribution in [2.24, 2.45) is 14.1 Å². The average molecular weight is 217 g/mol. The molecule has 2 heterocycles. The van der Waals surface area contributed by atoms with Crippen LogP contribution in [-0.2, 0) is 20.5 Å². The summed E-state index contributed by atoms with van der Waals surface area (Å²) in [4.78, 5) is 7.85. The number of aromatic nitrogens is 5. The van der Waals surface area contributed by atoms with Crippen molar-refractivity contribution in [3.63, 3.8) is 0 Å². The van der Waals surface area contributed by atoms with Crippen LogP contribution in [-0.4, -0.2) is 24.3 Å². The maximum atomic E-state index is 5.04. The highest BCUT2D eigenvalue weighted by Crippen LogP contribution is 1.88. The maximum Gasteiger partial charge on any atom is 0.150 e. The van der Waals surface area contributed by atoms with Gasteiger partial charge < -0.3 is 4.57 Å². The van der Waals surface area contributed by atoms with Gasteiger partial charge in [-0.15, -0.1) is 6.42 Å². The third-order valence-electron chi connectivity index (χ3n) is 1.82. The molecule has 0 saturated heterocycles. The van der Waals surface area contributed by atoms with Crippen molar-refractivity contribution < 1.29 is 0 Å². The van der Waals surface area contributed by atoms with Crippen molar-refractivity contribution in [1.29, 1.82) is 0 Å². The zero-order chi connectivity index (χ0) is 12.0. The van der Waals surface area contributed by atoms with E-state index in [1.54, 1.807) is 23.5 Å². The SMILES string of the molecule is C#Cc1cn(C)cn1.CCc1ncn(C)n1. The Labute approximate surface area is 95.1 Å². The molecule has 0 unspecified atom stereocenters.